The van der Waals surface area contributed by atoms with E-state index >= 15 is 0 Å². The number of halogens is 4. The smallest absolute Gasteiger partial charge is 0.416 e. The molecule has 0 aliphatic carbocycles. The van der Waals surface area contributed by atoms with E-state index in [0.717, 1.165) is 23.3 Å². The first-order chi connectivity index (χ1) is 16.2. The number of hydrogen-bond acceptors (Lipinski definition) is 3. The maximum Gasteiger partial charge on any atom is 0.416 e. The zero-order valence-electron chi connectivity index (χ0n) is 18.0. The predicted octanol–water partition coefficient (Wildman–Crippen LogP) is 6.69. The van der Waals surface area contributed by atoms with E-state index in [2.05, 4.69) is 4.90 Å². The van der Waals surface area contributed by atoms with Crippen LogP contribution in [0.3, 0.4) is 0 Å². The van der Waals surface area contributed by atoms with Gasteiger partial charge in [-0.25, -0.2) is 4.79 Å². The summed E-state index contributed by atoms with van der Waals surface area (Å²) in [6.45, 7) is 2.18. The lowest BCUT2D eigenvalue weighted by Gasteiger charge is -2.40. The highest BCUT2D eigenvalue weighted by molar-refractivity contribution is 6.30. The van der Waals surface area contributed by atoms with E-state index in [9.17, 15) is 23.1 Å². The van der Waals surface area contributed by atoms with Crippen molar-refractivity contribution in [3.8, 4) is 11.5 Å². The first-order valence-electron chi connectivity index (χ1n) is 10.6. The highest BCUT2D eigenvalue weighted by atomic mass is 35.5. The second-order valence-corrected chi connectivity index (χ2v) is 8.48. The first-order valence-corrected chi connectivity index (χ1v) is 11.0. The third kappa shape index (κ3) is 5.81. The van der Waals surface area contributed by atoms with Crippen LogP contribution in [-0.4, -0.2) is 40.6 Å². The number of alkyl halides is 3. The topological polar surface area (TPSA) is 53.0 Å². The highest BCUT2D eigenvalue weighted by Crippen LogP contribution is 2.32. The van der Waals surface area contributed by atoms with E-state index in [0.29, 0.717) is 37.0 Å². The molecule has 1 saturated heterocycles. The average molecular weight is 491 g/mol. The fourth-order valence-corrected chi connectivity index (χ4v) is 4.08. The normalized spacial score (nSPS) is 16.9. The summed E-state index contributed by atoms with van der Waals surface area (Å²) in [6.07, 6.45) is -5.39. The number of carbonyl (C=O) groups is 1. The molecule has 1 amide bonds. The van der Waals surface area contributed by atoms with E-state index in [1.807, 2.05) is 24.3 Å². The Hall–Kier alpha value is -3.23. The second kappa shape index (κ2) is 9.95. The van der Waals surface area contributed by atoms with Crippen LogP contribution in [-0.2, 0) is 12.7 Å². The maximum absolute atomic E-state index is 12.7. The summed E-state index contributed by atoms with van der Waals surface area (Å²) >= 11 is 5.96. The predicted molar refractivity (Wildman–Crippen MR) is 122 cm³/mol. The Morgan fingerprint density at radius 3 is 2.09 bits per heavy atom. The van der Waals surface area contributed by atoms with Crippen molar-refractivity contribution in [2.75, 3.05) is 19.6 Å². The number of hydrogen-bond donors (Lipinski definition) is 1. The Morgan fingerprint density at radius 2 is 1.53 bits per heavy atom. The molecule has 1 unspecified atom stereocenters. The Labute approximate surface area is 199 Å². The van der Waals surface area contributed by atoms with Crippen molar-refractivity contribution < 1.29 is 27.8 Å². The van der Waals surface area contributed by atoms with Gasteiger partial charge in [0.1, 0.15) is 11.5 Å². The molecule has 5 nitrogen and oxygen atoms in total. The van der Waals surface area contributed by atoms with E-state index in [1.54, 1.807) is 24.3 Å². The first kappa shape index (κ1) is 23.9. The fraction of sp³-hybridized carbons (Fsp3) is 0.240. The highest BCUT2D eigenvalue weighted by Gasteiger charge is 2.32. The molecule has 3 aromatic carbocycles. The largest absolute Gasteiger partial charge is 0.465 e. The Bertz CT molecular complexity index is 1120. The van der Waals surface area contributed by atoms with Crippen LogP contribution in [0.2, 0.25) is 5.02 Å². The summed E-state index contributed by atoms with van der Waals surface area (Å²) in [5, 5.41) is 10.4. The van der Waals surface area contributed by atoms with Crippen LogP contribution in [0, 0.1) is 0 Å². The number of nitrogens with zero attached hydrogens (tertiary/aromatic N) is 2. The summed E-state index contributed by atoms with van der Waals surface area (Å²) in [7, 11) is 0. The molecule has 1 N–H and O–H groups in total. The minimum Gasteiger partial charge on any atom is -0.465 e. The molecule has 1 aliphatic rings. The Morgan fingerprint density at radius 1 is 0.941 bits per heavy atom. The minimum atomic E-state index is -4.41. The summed E-state index contributed by atoms with van der Waals surface area (Å²) in [6, 6.07) is 18.6. The van der Waals surface area contributed by atoms with Crippen LogP contribution < -0.4 is 4.74 Å². The summed E-state index contributed by atoms with van der Waals surface area (Å²) in [4.78, 5) is 15.4. The number of rotatable bonds is 5. The molecule has 1 heterocycles. The van der Waals surface area contributed by atoms with E-state index in [4.69, 9.17) is 16.3 Å². The number of ether oxygens (including phenoxy) is 1. The molecule has 178 valence electrons. The number of benzene rings is 3. The van der Waals surface area contributed by atoms with E-state index < -0.39 is 17.8 Å². The van der Waals surface area contributed by atoms with Gasteiger partial charge < -0.3 is 9.84 Å². The van der Waals surface area contributed by atoms with Gasteiger partial charge in [-0.1, -0.05) is 35.9 Å². The molecule has 1 aliphatic heterocycles. The van der Waals surface area contributed by atoms with Gasteiger partial charge in [0.2, 0.25) is 0 Å². The Kier molecular flexibility index (Phi) is 7.00. The van der Waals surface area contributed by atoms with Crippen molar-refractivity contribution in [1.82, 2.24) is 9.80 Å². The molecule has 0 bridgehead atoms. The maximum atomic E-state index is 12.7. The van der Waals surface area contributed by atoms with Gasteiger partial charge in [-0.3, -0.25) is 9.80 Å². The van der Waals surface area contributed by atoms with Gasteiger partial charge in [0.15, 0.2) is 0 Å². The van der Waals surface area contributed by atoms with E-state index in [1.165, 1.54) is 17.0 Å². The second-order valence-electron chi connectivity index (χ2n) is 8.05. The monoisotopic (exact) mass is 490 g/mol. The minimum absolute atomic E-state index is 0.278. The van der Waals surface area contributed by atoms with Crippen molar-refractivity contribution >= 4 is 17.7 Å². The summed E-state index contributed by atoms with van der Waals surface area (Å²) < 4.78 is 43.8. The van der Waals surface area contributed by atoms with Gasteiger partial charge in [-0.05, 0) is 59.7 Å². The van der Waals surface area contributed by atoms with Crippen molar-refractivity contribution in [3.05, 3.63) is 94.5 Å². The van der Waals surface area contributed by atoms with Crippen molar-refractivity contribution in [3.63, 3.8) is 0 Å². The molecule has 0 radical (unpaired) electrons. The number of amides is 1. The van der Waals surface area contributed by atoms with E-state index in [-0.39, 0.29) is 11.8 Å². The van der Waals surface area contributed by atoms with Crippen molar-refractivity contribution in [1.29, 1.82) is 0 Å². The van der Waals surface area contributed by atoms with Gasteiger partial charge in [0.25, 0.3) is 0 Å². The molecule has 34 heavy (non-hydrogen) atoms. The third-order valence-corrected chi connectivity index (χ3v) is 5.96. The Balaban J connectivity index is 1.46. The SMILES string of the molecule is O=C(O)N1CCN(Cc2ccc(Cl)cc2)CC1c1ccc(Oc2ccc(C(F)(F)F)cc2)cc1. The summed E-state index contributed by atoms with van der Waals surface area (Å²) in [5.74, 6) is 0.721. The number of carboxylic acid groups (broad SMARTS) is 1. The standard InChI is InChI=1S/C25H22ClF3N2O3/c26-20-7-1-17(2-8-20)15-30-13-14-31(24(32)33)23(16-30)18-3-9-21(10-4-18)34-22-11-5-19(6-12-22)25(27,28)29/h1-12,23H,13-16H2,(H,32,33). The molecular formula is C25H22ClF3N2O3. The molecule has 0 saturated carbocycles. The van der Waals surface area contributed by atoms with Crippen LogP contribution >= 0.6 is 11.6 Å². The molecule has 4 rings (SSSR count). The lowest BCUT2D eigenvalue weighted by Crippen LogP contribution is -2.49. The van der Waals surface area contributed by atoms with Crippen LogP contribution in [0.5, 0.6) is 11.5 Å². The lowest BCUT2D eigenvalue weighted by atomic mass is 10.0. The lowest BCUT2D eigenvalue weighted by molar-refractivity contribution is -0.137. The summed E-state index contributed by atoms with van der Waals surface area (Å²) in [5.41, 5.74) is 1.15. The molecular weight excluding hydrogens is 469 g/mol. The van der Waals surface area contributed by atoms with Crippen molar-refractivity contribution in [2.45, 2.75) is 18.8 Å². The molecule has 1 atom stereocenters. The van der Waals surface area contributed by atoms with Crippen LogP contribution in [0.25, 0.3) is 0 Å². The molecule has 9 heteroatoms. The van der Waals surface area contributed by atoms with Gasteiger partial charge in [-0.2, -0.15) is 13.2 Å². The average Bonchev–Trinajstić information content (AvgIpc) is 2.81. The van der Waals surface area contributed by atoms with Gasteiger partial charge in [0, 0.05) is 31.2 Å². The van der Waals surface area contributed by atoms with Gasteiger partial charge >= 0.3 is 12.3 Å². The zero-order chi connectivity index (χ0) is 24.3. The number of piperazine rings is 1. The van der Waals surface area contributed by atoms with Gasteiger partial charge in [-0.15, -0.1) is 0 Å². The quantitative estimate of drug-likeness (QED) is 0.433. The molecule has 0 aromatic heterocycles. The molecule has 1 fully saturated rings. The van der Waals surface area contributed by atoms with Crippen molar-refractivity contribution in [2.24, 2.45) is 0 Å². The van der Waals surface area contributed by atoms with Crippen LogP contribution in [0.1, 0.15) is 22.7 Å². The fourth-order valence-electron chi connectivity index (χ4n) is 3.95. The zero-order valence-corrected chi connectivity index (χ0v) is 18.8. The van der Waals surface area contributed by atoms with Crippen LogP contribution in [0.4, 0.5) is 18.0 Å². The third-order valence-electron chi connectivity index (χ3n) is 5.71. The van der Waals surface area contributed by atoms with Gasteiger partial charge in [0.05, 0.1) is 11.6 Å². The van der Waals surface area contributed by atoms with Crippen LogP contribution in [0.15, 0.2) is 72.8 Å². The molecule has 0 spiro atoms. The molecule has 3 aromatic rings.